The number of carbonyl (C=O) groups excluding carboxylic acids is 1. The summed E-state index contributed by atoms with van der Waals surface area (Å²) >= 11 is 1.45. The van der Waals surface area contributed by atoms with Gasteiger partial charge in [-0.3, -0.25) is 4.79 Å². The van der Waals surface area contributed by atoms with Crippen molar-refractivity contribution >= 4 is 29.2 Å². The van der Waals surface area contributed by atoms with Gasteiger partial charge in [-0.1, -0.05) is 18.2 Å². The molecule has 0 aliphatic rings. The fraction of sp³-hybridized carbons (Fsp3) is 0.143. The highest BCUT2D eigenvalue weighted by Crippen LogP contribution is 2.23. The lowest BCUT2D eigenvalue weighted by molar-refractivity contribution is -0.115. The monoisotopic (exact) mass is 273 g/mol. The molecule has 0 radical (unpaired) electrons. The molecule has 1 unspecified atom stereocenters. The largest absolute Gasteiger partial charge is 0.384 e. The minimum absolute atomic E-state index is 0.0342. The molecule has 5 heteroatoms. The van der Waals surface area contributed by atoms with E-state index in [1.165, 1.54) is 11.8 Å². The molecule has 1 aromatic carbocycles. The van der Waals surface area contributed by atoms with Crippen LogP contribution in [0.2, 0.25) is 0 Å². The third-order valence-electron chi connectivity index (χ3n) is 2.48. The first kappa shape index (κ1) is 13.4. The number of nitrogens with one attached hydrogen (secondary N) is 1. The first-order valence-electron chi connectivity index (χ1n) is 5.89. The predicted octanol–water partition coefficient (Wildman–Crippen LogP) is 2.78. The predicted molar refractivity (Wildman–Crippen MR) is 79.0 cm³/mol. The number of rotatable bonds is 4. The average Bonchev–Trinajstić information content (AvgIpc) is 2.42. The lowest BCUT2D eigenvalue weighted by atomic mass is 10.3. The molecule has 0 aliphatic heterocycles. The van der Waals surface area contributed by atoms with Gasteiger partial charge in [0.05, 0.1) is 5.25 Å². The Bertz CT molecular complexity index is 542. The van der Waals surface area contributed by atoms with Gasteiger partial charge in [0.15, 0.2) is 0 Å². The van der Waals surface area contributed by atoms with Crippen molar-refractivity contribution in [1.29, 1.82) is 0 Å². The second kappa shape index (κ2) is 6.24. The molecule has 3 N–H and O–H groups in total. The number of thioether (sulfide) groups is 1. The fourth-order valence-corrected chi connectivity index (χ4v) is 2.32. The maximum Gasteiger partial charge on any atom is 0.237 e. The van der Waals surface area contributed by atoms with Crippen molar-refractivity contribution in [2.75, 3.05) is 11.1 Å². The van der Waals surface area contributed by atoms with Crippen LogP contribution in [0.4, 0.5) is 11.5 Å². The quantitative estimate of drug-likeness (QED) is 0.841. The van der Waals surface area contributed by atoms with Gasteiger partial charge in [-0.25, -0.2) is 4.98 Å². The zero-order chi connectivity index (χ0) is 13.7. The fourth-order valence-electron chi connectivity index (χ4n) is 1.48. The molecule has 98 valence electrons. The van der Waals surface area contributed by atoms with Gasteiger partial charge in [0, 0.05) is 16.8 Å². The highest BCUT2D eigenvalue weighted by Gasteiger charge is 2.14. The van der Waals surface area contributed by atoms with Gasteiger partial charge in [-0.05, 0) is 31.2 Å². The Morgan fingerprint density at radius 1 is 1.26 bits per heavy atom. The molecule has 0 aliphatic carbocycles. The summed E-state index contributed by atoms with van der Waals surface area (Å²) in [6, 6.07) is 13.0. The van der Waals surface area contributed by atoms with Crippen LogP contribution in [-0.4, -0.2) is 16.1 Å². The normalized spacial score (nSPS) is 11.8. The van der Waals surface area contributed by atoms with Crippen molar-refractivity contribution in [2.24, 2.45) is 0 Å². The van der Waals surface area contributed by atoms with Crippen LogP contribution >= 0.6 is 11.8 Å². The highest BCUT2D eigenvalue weighted by molar-refractivity contribution is 8.00. The summed E-state index contributed by atoms with van der Waals surface area (Å²) in [5, 5.41) is 2.67. The average molecular weight is 273 g/mol. The number of hydrogen-bond acceptors (Lipinski definition) is 4. The van der Waals surface area contributed by atoms with E-state index in [0.29, 0.717) is 5.82 Å². The number of benzene rings is 1. The number of aromatic nitrogens is 1. The van der Waals surface area contributed by atoms with Crippen molar-refractivity contribution in [1.82, 2.24) is 4.98 Å². The smallest absolute Gasteiger partial charge is 0.237 e. The summed E-state index contributed by atoms with van der Waals surface area (Å²) in [7, 11) is 0. The zero-order valence-electron chi connectivity index (χ0n) is 10.5. The first-order chi connectivity index (χ1) is 9.15. The first-order valence-corrected chi connectivity index (χ1v) is 6.77. The Morgan fingerprint density at radius 3 is 2.63 bits per heavy atom. The molecule has 1 heterocycles. The van der Waals surface area contributed by atoms with Crippen molar-refractivity contribution < 1.29 is 4.79 Å². The van der Waals surface area contributed by atoms with E-state index < -0.39 is 0 Å². The molecule has 1 aromatic heterocycles. The second-order valence-electron chi connectivity index (χ2n) is 4.03. The van der Waals surface area contributed by atoms with Crippen LogP contribution in [0, 0.1) is 0 Å². The number of carbonyl (C=O) groups is 1. The van der Waals surface area contributed by atoms with E-state index in [1.807, 2.05) is 43.3 Å². The Hall–Kier alpha value is -2.01. The Morgan fingerprint density at radius 2 is 2.00 bits per heavy atom. The van der Waals surface area contributed by atoms with Crippen LogP contribution in [0.5, 0.6) is 0 Å². The van der Waals surface area contributed by atoms with Gasteiger partial charge < -0.3 is 11.1 Å². The SMILES string of the molecule is CC(Sc1ccc(N)nc1)C(=O)Nc1ccccc1. The number of amides is 1. The van der Waals surface area contributed by atoms with E-state index in [1.54, 1.807) is 12.3 Å². The van der Waals surface area contributed by atoms with Gasteiger partial charge in [0.2, 0.25) is 5.91 Å². The molecule has 0 spiro atoms. The second-order valence-corrected chi connectivity index (χ2v) is 5.45. The molecule has 0 bridgehead atoms. The van der Waals surface area contributed by atoms with Gasteiger partial charge in [0.25, 0.3) is 0 Å². The minimum atomic E-state index is -0.203. The lowest BCUT2D eigenvalue weighted by Gasteiger charge is -2.11. The number of anilines is 2. The van der Waals surface area contributed by atoms with Gasteiger partial charge in [0.1, 0.15) is 5.82 Å². The molecular weight excluding hydrogens is 258 g/mol. The molecule has 1 atom stereocenters. The number of para-hydroxylation sites is 1. The van der Waals surface area contributed by atoms with E-state index >= 15 is 0 Å². The third-order valence-corrected chi connectivity index (χ3v) is 3.56. The Balaban J connectivity index is 1.94. The Labute approximate surface area is 116 Å². The maximum absolute atomic E-state index is 12.0. The van der Waals surface area contributed by atoms with Crippen LogP contribution < -0.4 is 11.1 Å². The van der Waals surface area contributed by atoms with Gasteiger partial charge in [-0.15, -0.1) is 11.8 Å². The molecule has 1 amide bonds. The van der Waals surface area contributed by atoms with Crippen molar-refractivity contribution in [3.8, 4) is 0 Å². The number of nitrogens with two attached hydrogens (primary N) is 1. The molecule has 2 rings (SSSR count). The standard InChI is InChI=1S/C14H15N3OS/c1-10(19-12-7-8-13(15)16-9-12)14(18)17-11-5-3-2-4-6-11/h2-10H,1H3,(H2,15,16)(H,17,18). The zero-order valence-corrected chi connectivity index (χ0v) is 11.4. The Kier molecular flexibility index (Phi) is 4.41. The van der Waals surface area contributed by atoms with Crippen molar-refractivity contribution in [2.45, 2.75) is 17.1 Å². The van der Waals surface area contributed by atoms with Crippen molar-refractivity contribution in [3.63, 3.8) is 0 Å². The van der Waals surface area contributed by atoms with Crippen LogP contribution in [0.3, 0.4) is 0 Å². The van der Waals surface area contributed by atoms with Crippen LogP contribution in [0.25, 0.3) is 0 Å². The molecule has 19 heavy (non-hydrogen) atoms. The van der Waals surface area contributed by atoms with Crippen LogP contribution in [-0.2, 0) is 4.79 Å². The van der Waals surface area contributed by atoms with E-state index in [0.717, 1.165) is 10.6 Å². The summed E-state index contributed by atoms with van der Waals surface area (Å²) in [5.41, 5.74) is 6.32. The van der Waals surface area contributed by atoms with Gasteiger partial charge >= 0.3 is 0 Å². The molecule has 0 saturated carbocycles. The number of pyridine rings is 1. The molecular formula is C14H15N3OS. The maximum atomic E-state index is 12.0. The van der Waals surface area contributed by atoms with E-state index in [4.69, 9.17) is 5.73 Å². The summed E-state index contributed by atoms with van der Waals surface area (Å²) in [4.78, 5) is 16.9. The van der Waals surface area contributed by atoms with Crippen molar-refractivity contribution in [3.05, 3.63) is 48.7 Å². The molecule has 0 fully saturated rings. The lowest BCUT2D eigenvalue weighted by Crippen LogP contribution is -2.22. The molecule has 2 aromatic rings. The van der Waals surface area contributed by atoms with Gasteiger partial charge in [-0.2, -0.15) is 0 Å². The molecule has 4 nitrogen and oxygen atoms in total. The van der Waals surface area contributed by atoms with Crippen LogP contribution in [0.15, 0.2) is 53.6 Å². The highest BCUT2D eigenvalue weighted by atomic mass is 32.2. The minimum Gasteiger partial charge on any atom is -0.384 e. The summed E-state index contributed by atoms with van der Waals surface area (Å²) in [5.74, 6) is 0.443. The van der Waals surface area contributed by atoms with E-state index in [2.05, 4.69) is 10.3 Å². The van der Waals surface area contributed by atoms with Crippen LogP contribution in [0.1, 0.15) is 6.92 Å². The topological polar surface area (TPSA) is 68.0 Å². The number of nitrogen functional groups attached to an aromatic ring is 1. The summed E-state index contributed by atoms with van der Waals surface area (Å²) < 4.78 is 0. The van der Waals surface area contributed by atoms with E-state index in [-0.39, 0.29) is 11.2 Å². The molecule has 0 saturated heterocycles. The third kappa shape index (κ3) is 3.99. The number of hydrogen-bond donors (Lipinski definition) is 2. The number of nitrogens with zero attached hydrogens (tertiary/aromatic N) is 1. The van der Waals surface area contributed by atoms with E-state index in [9.17, 15) is 4.79 Å². The summed E-state index contributed by atoms with van der Waals surface area (Å²) in [6.07, 6.45) is 1.67. The summed E-state index contributed by atoms with van der Waals surface area (Å²) in [6.45, 7) is 1.86.